The molecule has 1 aromatic carbocycles. The topological polar surface area (TPSA) is 91.4 Å². The van der Waals surface area contributed by atoms with Gasteiger partial charge >= 0.3 is 0 Å². The summed E-state index contributed by atoms with van der Waals surface area (Å²) < 4.78 is 5.26. The molecular weight excluding hydrogens is 320 g/mol. The molecule has 2 heterocycles. The van der Waals surface area contributed by atoms with Crippen molar-refractivity contribution < 1.29 is 14.6 Å². The lowest BCUT2D eigenvalue weighted by molar-refractivity contribution is 0.0950. The Kier molecular flexibility index (Phi) is 5.01. The van der Waals surface area contributed by atoms with Gasteiger partial charge in [-0.1, -0.05) is 12.1 Å². The first-order chi connectivity index (χ1) is 12.0. The Labute approximate surface area is 145 Å². The third-order valence-corrected chi connectivity index (χ3v) is 4.57. The standard InChI is InChI=1S/C19H22N2O4/c1-11-7-12(2)21-19(24)15(11)8-20-18(23)14-5-3-13(4-6-14)16-9-25-10-17(16)22/h3-7,16-17,22H,8-10H2,1-2H3,(H,20,23)(H,21,24). The van der Waals surface area contributed by atoms with Crippen LogP contribution in [0.15, 0.2) is 35.1 Å². The summed E-state index contributed by atoms with van der Waals surface area (Å²) in [6.45, 7) is 4.69. The summed E-state index contributed by atoms with van der Waals surface area (Å²) in [6, 6.07) is 9.00. The summed E-state index contributed by atoms with van der Waals surface area (Å²) in [5.74, 6) is -0.292. The third-order valence-electron chi connectivity index (χ3n) is 4.57. The van der Waals surface area contributed by atoms with Crippen molar-refractivity contribution in [2.24, 2.45) is 0 Å². The van der Waals surface area contributed by atoms with Gasteiger partial charge in [0.05, 0.1) is 19.3 Å². The SMILES string of the molecule is Cc1cc(C)c(CNC(=O)c2ccc(C3COCC3O)cc2)c(=O)[nH]1. The van der Waals surface area contributed by atoms with Crippen molar-refractivity contribution in [2.75, 3.05) is 13.2 Å². The van der Waals surface area contributed by atoms with E-state index < -0.39 is 6.10 Å². The van der Waals surface area contributed by atoms with Gasteiger partial charge in [0.1, 0.15) is 0 Å². The van der Waals surface area contributed by atoms with E-state index in [2.05, 4.69) is 10.3 Å². The minimum atomic E-state index is -0.504. The highest BCUT2D eigenvalue weighted by Crippen LogP contribution is 2.25. The Bertz CT molecular complexity index is 826. The maximum Gasteiger partial charge on any atom is 0.253 e. The molecule has 25 heavy (non-hydrogen) atoms. The van der Waals surface area contributed by atoms with Crippen molar-refractivity contribution >= 4 is 5.91 Å². The molecule has 3 N–H and O–H groups in total. The normalized spacial score (nSPS) is 19.8. The first-order valence-corrected chi connectivity index (χ1v) is 8.29. The first-order valence-electron chi connectivity index (χ1n) is 8.29. The van der Waals surface area contributed by atoms with E-state index in [1.807, 2.05) is 32.0 Å². The maximum atomic E-state index is 12.3. The molecule has 1 aromatic heterocycles. The van der Waals surface area contributed by atoms with E-state index in [-0.39, 0.29) is 23.9 Å². The number of amides is 1. The number of nitrogens with one attached hydrogen (secondary N) is 2. The second-order valence-corrected chi connectivity index (χ2v) is 6.46. The highest BCUT2D eigenvalue weighted by Gasteiger charge is 2.27. The first kappa shape index (κ1) is 17.4. The van der Waals surface area contributed by atoms with E-state index >= 15 is 0 Å². The van der Waals surface area contributed by atoms with Gasteiger partial charge in [-0.15, -0.1) is 0 Å². The second kappa shape index (κ2) is 7.21. The predicted molar refractivity (Wildman–Crippen MR) is 93.7 cm³/mol. The van der Waals surface area contributed by atoms with E-state index in [4.69, 9.17) is 4.74 Å². The molecule has 1 aliphatic heterocycles. The zero-order valence-electron chi connectivity index (χ0n) is 14.3. The number of rotatable bonds is 4. The Morgan fingerprint density at radius 1 is 1.28 bits per heavy atom. The van der Waals surface area contributed by atoms with Gasteiger partial charge in [0.15, 0.2) is 0 Å². The van der Waals surface area contributed by atoms with Gasteiger partial charge in [0.25, 0.3) is 11.5 Å². The summed E-state index contributed by atoms with van der Waals surface area (Å²) >= 11 is 0. The number of aromatic nitrogens is 1. The van der Waals surface area contributed by atoms with E-state index in [0.29, 0.717) is 24.3 Å². The molecule has 1 aliphatic rings. The number of hydrogen-bond acceptors (Lipinski definition) is 4. The number of aliphatic hydroxyl groups is 1. The second-order valence-electron chi connectivity index (χ2n) is 6.46. The van der Waals surface area contributed by atoms with Crippen LogP contribution < -0.4 is 10.9 Å². The average molecular weight is 342 g/mol. The van der Waals surface area contributed by atoms with E-state index in [0.717, 1.165) is 16.8 Å². The smallest absolute Gasteiger partial charge is 0.253 e. The molecule has 0 spiro atoms. The lowest BCUT2D eigenvalue weighted by Crippen LogP contribution is -2.28. The summed E-state index contributed by atoms with van der Waals surface area (Å²) in [6.07, 6.45) is -0.504. The minimum Gasteiger partial charge on any atom is -0.390 e. The molecule has 2 atom stereocenters. The molecule has 0 radical (unpaired) electrons. The van der Waals surface area contributed by atoms with Gasteiger partial charge in [-0.2, -0.15) is 0 Å². The molecule has 0 bridgehead atoms. The highest BCUT2D eigenvalue weighted by atomic mass is 16.5. The number of carbonyl (C=O) groups excluding carboxylic acids is 1. The van der Waals surface area contributed by atoms with Crippen LogP contribution in [-0.2, 0) is 11.3 Å². The highest BCUT2D eigenvalue weighted by molar-refractivity contribution is 5.94. The van der Waals surface area contributed by atoms with Crippen molar-refractivity contribution in [1.29, 1.82) is 0 Å². The molecule has 0 aliphatic carbocycles. The molecule has 2 unspecified atom stereocenters. The number of ether oxygens (including phenoxy) is 1. The summed E-state index contributed by atoms with van der Waals surface area (Å²) in [5.41, 5.74) is 3.49. The summed E-state index contributed by atoms with van der Waals surface area (Å²) in [4.78, 5) is 27.0. The van der Waals surface area contributed by atoms with Crippen LogP contribution in [0.1, 0.15) is 38.7 Å². The average Bonchev–Trinajstić information content (AvgIpc) is 3.00. The zero-order valence-corrected chi connectivity index (χ0v) is 14.3. The quantitative estimate of drug-likeness (QED) is 0.783. The van der Waals surface area contributed by atoms with Crippen LogP contribution in [-0.4, -0.2) is 35.3 Å². The van der Waals surface area contributed by atoms with Crippen molar-refractivity contribution in [3.8, 4) is 0 Å². The number of carbonyl (C=O) groups is 1. The zero-order chi connectivity index (χ0) is 18.0. The fraction of sp³-hybridized carbons (Fsp3) is 0.368. The molecule has 6 heteroatoms. The van der Waals surface area contributed by atoms with Crippen LogP contribution in [0, 0.1) is 13.8 Å². The molecule has 1 saturated heterocycles. The predicted octanol–water partition coefficient (Wildman–Crippen LogP) is 1.40. The molecule has 3 rings (SSSR count). The number of H-pyrrole nitrogens is 1. The largest absolute Gasteiger partial charge is 0.390 e. The van der Waals surface area contributed by atoms with Gasteiger partial charge in [0, 0.05) is 29.3 Å². The number of aromatic amines is 1. The minimum absolute atomic E-state index is 0.0501. The number of benzene rings is 1. The molecule has 1 fully saturated rings. The summed E-state index contributed by atoms with van der Waals surface area (Å²) in [5, 5.41) is 12.6. The fourth-order valence-electron chi connectivity index (χ4n) is 3.12. The van der Waals surface area contributed by atoms with Crippen LogP contribution >= 0.6 is 0 Å². The Hall–Kier alpha value is -2.44. The van der Waals surface area contributed by atoms with Gasteiger partial charge in [-0.05, 0) is 43.2 Å². The maximum absolute atomic E-state index is 12.3. The fourth-order valence-corrected chi connectivity index (χ4v) is 3.12. The van der Waals surface area contributed by atoms with Crippen LogP contribution in [0.2, 0.25) is 0 Å². The van der Waals surface area contributed by atoms with Crippen molar-refractivity contribution in [3.05, 3.63) is 68.6 Å². The molecular formula is C19H22N2O4. The summed E-state index contributed by atoms with van der Waals surface area (Å²) in [7, 11) is 0. The number of pyridine rings is 1. The van der Waals surface area contributed by atoms with Crippen molar-refractivity contribution in [2.45, 2.75) is 32.4 Å². The van der Waals surface area contributed by atoms with Gasteiger partial charge in [-0.25, -0.2) is 0 Å². The van der Waals surface area contributed by atoms with Crippen LogP contribution in [0.5, 0.6) is 0 Å². The van der Waals surface area contributed by atoms with E-state index in [1.54, 1.807) is 12.1 Å². The lowest BCUT2D eigenvalue weighted by atomic mass is 9.95. The Morgan fingerprint density at radius 3 is 2.60 bits per heavy atom. The van der Waals surface area contributed by atoms with Gasteiger partial charge < -0.3 is 20.1 Å². The van der Waals surface area contributed by atoms with E-state index in [9.17, 15) is 14.7 Å². The number of hydrogen-bond donors (Lipinski definition) is 3. The van der Waals surface area contributed by atoms with Gasteiger partial charge in [-0.3, -0.25) is 9.59 Å². The molecule has 2 aromatic rings. The molecule has 0 saturated carbocycles. The van der Waals surface area contributed by atoms with Gasteiger partial charge in [0.2, 0.25) is 0 Å². The molecule has 1 amide bonds. The Morgan fingerprint density at radius 2 is 2.00 bits per heavy atom. The Balaban J connectivity index is 1.67. The van der Waals surface area contributed by atoms with E-state index in [1.165, 1.54) is 0 Å². The van der Waals surface area contributed by atoms with Crippen LogP contribution in [0.4, 0.5) is 0 Å². The van der Waals surface area contributed by atoms with Crippen LogP contribution in [0.3, 0.4) is 0 Å². The van der Waals surface area contributed by atoms with Crippen molar-refractivity contribution in [1.82, 2.24) is 10.3 Å². The number of aliphatic hydroxyl groups excluding tert-OH is 1. The van der Waals surface area contributed by atoms with Crippen molar-refractivity contribution in [3.63, 3.8) is 0 Å². The number of aryl methyl sites for hydroxylation is 2. The third kappa shape index (κ3) is 3.81. The molecule has 132 valence electrons. The molecule has 6 nitrogen and oxygen atoms in total. The lowest BCUT2D eigenvalue weighted by Gasteiger charge is -2.13. The van der Waals surface area contributed by atoms with Crippen LogP contribution in [0.25, 0.3) is 0 Å². The monoisotopic (exact) mass is 342 g/mol.